The minimum absolute atomic E-state index is 0.0137. The van der Waals surface area contributed by atoms with Gasteiger partial charge in [0.15, 0.2) is 5.82 Å². The summed E-state index contributed by atoms with van der Waals surface area (Å²) in [7, 11) is 0. The highest BCUT2D eigenvalue weighted by atomic mass is 16.5. The molecule has 1 N–H and O–H groups in total. The maximum atomic E-state index is 10.1. The lowest BCUT2D eigenvalue weighted by molar-refractivity contribution is 0.0908. The van der Waals surface area contributed by atoms with Crippen LogP contribution in [-0.2, 0) is 6.42 Å². The fourth-order valence-electron chi connectivity index (χ4n) is 2.99. The van der Waals surface area contributed by atoms with E-state index in [9.17, 15) is 5.11 Å². The molecule has 1 aromatic carbocycles. The van der Waals surface area contributed by atoms with Crippen LogP contribution in [-0.4, -0.2) is 21.4 Å². The van der Waals surface area contributed by atoms with Gasteiger partial charge in [0.2, 0.25) is 5.89 Å². The molecular formula is C17H22N2O2. The van der Waals surface area contributed by atoms with Crippen molar-refractivity contribution in [1.82, 2.24) is 10.1 Å². The molecule has 2 unspecified atom stereocenters. The topological polar surface area (TPSA) is 59.2 Å². The van der Waals surface area contributed by atoms with E-state index < -0.39 is 0 Å². The molecule has 0 spiro atoms. The minimum atomic E-state index is -0.339. The van der Waals surface area contributed by atoms with Crippen LogP contribution in [0.2, 0.25) is 0 Å². The molecule has 1 aliphatic carbocycles. The van der Waals surface area contributed by atoms with Gasteiger partial charge in [0.1, 0.15) is 0 Å². The standard InChI is InChI=1S/C17H22N2O2/c1-11-7-8-13(9-12(11)2)10-16-18-17(21-19-16)14-5-3-4-6-15(14)20/h7-9,14-15,20H,3-6,10H2,1-2H3. The number of benzene rings is 1. The smallest absolute Gasteiger partial charge is 0.232 e. The molecule has 0 aliphatic heterocycles. The monoisotopic (exact) mass is 286 g/mol. The van der Waals surface area contributed by atoms with Gasteiger partial charge in [0, 0.05) is 6.42 Å². The van der Waals surface area contributed by atoms with E-state index in [0.717, 1.165) is 25.7 Å². The summed E-state index contributed by atoms with van der Waals surface area (Å²) in [5.74, 6) is 1.31. The summed E-state index contributed by atoms with van der Waals surface area (Å²) in [6, 6.07) is 6.39. The van der Waals surface area contributed by atoms with Crippen molar-refractivity contribution in [3.63, 3.8) is 0 Å². The van der Waals surface area contributed by atoms with Crippen LogP contribution in [0.15, 0.2) is 22.7 Å². The summed E-state index contributed by atoms with van der Waals surface area (Å²) in [6.07, 6.45) is 4.31. The number of hydrogen-bond donors (Lipinski definition) is 1. The average Bonchev–Trinajstić information content (AvgIpc) is 2.92. The van der Waals surface area contributed by atoms with E-state index in [2.05, 4.69) is 42.2 Å². The SMILES string of the molecule is Cc1ccc(Cc2noc(C3CCCCC3O)n2)cc1C. The Morgan fingerprint density at radius 1 is 1.19 bits per heavy atom. The van der Waals surface area contributed by atoms with Crippen molar-refractivity contribution >= 4 is 0 Å². The molecule has 3 rings (SSSR count). The Kier molecular flexibility index (Phi) is 4.06. The molecule has 1 aromatic heterocycles. The van der Waals surface area contributed by atoms with Crippen LogP contribution in [0.3, 0.4) is 0 Å². The van der Waals surface area contributed by atoms with Crippen molar-refractivity contribution in [1.29, 1.82) is 0 Å². The van der Waals surface area contributed by atoms with E-state index in [-0.39, 0.29) is 12.0 Å². The van der Waals surface area contributed by atoms with Gasteiger partial charge >= 0.3 is 0 Å². The highest BCUT2D eigenvalue weighted by Gasteiger charge is 2.29. The zero-order valence-corrected chi connectivity index (χ0v) is 12.7. The third-order valence-corrected chi connectivity index (χ3v) is 4.46. The number of rotatable bonds is 3. The molecule has 4 nitrogen and oxygen atoms in total. The summed E-state index contributed by atoms with van der Waals surface area (Å²) in [4.78, 5) is 4.49. The molecule has 2 atom stereocenters. The largest absolute Gasteiger partial charge is 0.392 e. The quantitative estimate of drug-likeness (QED) is 0.940. The first-order valence-electron chi connectivity index (χ1n) is 7.70. The maximum absolute atomic E-state index is 10.1. The van der Waals surface area contributed by atoms with E-state index in [1.165, 1.54) is 16.7 Å². The molecule has 112 valence electrons. The summed E-state index contributed by atoms with van der Waals surface area (Å²) < 4.78 is 5.38. The van der Waals surface area contributed by atoms with Crippen LogP contribution in [0.25, 0.3) is 0 Å². The highest BCUT2D eigenvalue weighted by molar-refractivity contribution is 5.31. The van der Waals surface area contributed by atoms with Crippen LogP contribution in [0, 0.1) is 13.8 Å². The predicted molar refractivity (Wildman–Crippen MR) is 80.2 cm³/mol. The van der Waals surface area contributed by atoms with Gasteiger partial charge in [-0.05, 0) is 43.4 Å². The lowest BCUT2D eigenvalue weighted by Gasteiger charge is -2.24. The molecule has 2 aromatic rings. The van der Waals surface area contributed by atoms with Crippen molar-refractivity contribution in [3.05, 3.63) is 46.6 Å². The van der Waals surface area contributed by atoms with Gasteiger partial charge in [-0.1, -0.05) is 36.2 Å². The number of hydrogen-bond acceptors (Lipinski definition) is 4. The predicted octanol–water partition coefficient (Wildman–Crippen LogP) is 3.30. The van der Waals surface area contributed by atoms with Gasteiger partial charge in [-0.2, -0.15) is 4.98 Å². The molecule has 1 heterocycles. The van der Waals surface area contributed by atoms with Crippen molar-refractivity contribution in [2.45, 2.75) is 58.0 Å². The summed E-state index contributed by atoms with van der Waals surface area (Å²) >= 11 is 0. The number of aliphatic hydroxyl groups is 1. The van der Waals surface area contributed by atoms with Crippen molar-refractivity contribution in [2.75, 3.05) is 0 Å². The van der Waals surface area contributed by atoms with Gasteiger partial charge in [0.25, 0.3) is 0 Å². The number of aliphatic hydroxyl groups excluding tert-OH is 1. The number of aromatic nitrogens is 2. The average molecular weight is 286 g/mol. The lowest BCUT2D eigenvalue weighted by Crippen LogP contribution is -2.22. The Bertz CT molecular complexity index is 621. The first kappa shape index (κ1) is 14.3. The second-order valence-corrected chi connectivity index (χ2v) is 6.10. The molecule has 0 bridgehead atoms. The second-order valence-electron chi connectivity index (χ2n) is 6.10. The molecule has 1 fully saturated rings. The lowest BCUT2D eigenvalue weighted by atomic mass is 9.86. The Morgan fingerprint density at radius 2 is 2.00 bits per heavy atom. The van der Waals surface area contributed by atoms with Crippen LogP contribution in [0.5, 0.6) is 0 Å². The maximum Gasteiger partial charge on any atom is 0.232 e. The zero-order chi connectivity index (χ0) is 14.8. The van der Waals surface area contributed by atoms with Crippen molar-refractivity contribution < 1.29 is 9.63 Å². The van der Waals surface area contributed by atoms with Gasteiger partial charge in [-0.15, -0.1) is 0 Å². The van der Waals surface area contributed by atoms with E-state index in [0.29, 0.717) is 18.1 Å². The minimum Gasteiger partial charge on any atom is -0.392 e. The Morgan fingerprint density at radius 3 is 2.76 bits per heavy atom. The molecule has 0 saturated heterocycles. The molecular weight excluding hydrogens is 264 g/mol. The molecule has 21 heavy (non-hydrogen) atoms. The van der Waals surface area contributed by atoms with Gasteiger partial charge in [-0.3, -0.25) is 0 Å². The number of nitrogens with zero attached hydrogens (tertiary/aromatic N) is 2. The van der Waals surface area contributed by atoms with E-state index in [1.54, 1.807) is 0 Å². The van der Waals surface area contributed by atoms with Crippen LogP contribution in [0.4, 0.5) is 0 Å². The zero-order valence-electron chi connectivity index (χ0n) is 12.7. The van der Waals surface area contributed by atoms with E-state index in [1.807, 2.05) is 0 Å². The molecule has 4 heteroatoms. The fourth-order valence-corrected chi connectivity index (χ4v) is 2.99. The van der Waals surface area contributed by atoms with E-state index >= 15 is 0 Å². The summed E-state index contributed by atoms with van der Waals surface area (Å²) in [5, 5.41) is 14.1. The Hall–Kier alpha value is -1.68. The normalized spacial score (nSPS) is 22.4. The Balaban J connectivity index is 1.74. The highest BCUT2D eigenvalue weighted by Crippen LogP contribution is 2.32. The molecule has 1 saturated carbocycles. The fraction of sp³-hybridized carbons (Fsp3) is 0.529. The second kappa shape index (κ2) is 5.98. The van der Waals surface area contributed by atoms with Gasteiger partial charge < -0.3 is 9.63 Å². The van der Waals surface area contributed by atoms with Gasteiger partial charge in [-0.25, -0.2) is 0 Å². The summed E-state index contributed by atoms with van der Waals surface area (Å²) in [5.41, 5.74) is 3.76. The summed E-state index contributed by atoms with van der Waals surface area (Å²) in [6.45, 7) is 4.22. The third-order valence-electron chi connectivity index (χ3n) is 4.46. The van der Waals surface area contributed by atoms with Crippen LogP contribution < -0.4 is 0 Å². The number of aryl methyl sites for hydroxylation is 2. The first-order chi connectivity index (χ1) is 10.1. The van der Waals surface area contributed by atoms with Crippen molar-refractivity contribution in [3.8, 4) is 0 Å². The van der Waals surface area contributed by atoms with Gasteiger partial charge in [0.05, 0.1) is 12.0 Å². The van der Waals surface area contributed by atoms with Crippen molar-refractivity contribution in [2.24, 2.45) is 0 Å². The molecule has 1 aliphatic rings. The van der Waals surface area contributed by atoms with Crippen LogP contribution >= 0.6 is 0 Å². The Labute approximate surface area is 125 Å². The molecule has 0 amide bonds. The van der Waals surface area contributed by atoms with Crippen LogP contribution in [0.1, 0.15) is 60.0 Å². The molecule has 0 radical (unpaired) electrons. The third kappa shape index (κ3) is 3.16. The first-order valence-corrected chi connectivity index (χ1v) is 7.70. The van der Waals surface area contributed by atoms with E-state index in [4.69, 9.17) is 4.52 Å².